The lowest BCUT2D eigenvalue weighted by atomic mass is 10.2. The van der Waals surface area contributed by atoms with E-state index in [-0.39, 0.29) is 11.9 Å². The van der Waals surface area contributed by atoms with Crippen molar-refractivity contribution in [1.29, 1.82) is 0 Å². The summed E-state index contributed by atoms with van der Waals surface area (Å²) in [5, 5.41) is 11.2. The van der Waals surface area contributed by atoms with Gasteiger partial charge in [-0.05, 0) is 25.8 Å². The largest absolute Gasteiger partial charge is 0.352 e. The van der Waals surface area contributed by atoms with E-state index in [0.29, 0.717) is 44.5 Å². The van der Waals surface area contributed by atoms with Crippen molar-refractivity contribution in [2.75, 3.05) is 38.0 Å². The number of piperazine rings is 1. The minimum Gasteiger partial charge on any atom is -0.352 e. The Labute approximate surface area is 157 Å². The van der Waals surface area contributed by atoms with Crippen LogP contribution in [0.15, 0.2) is 12.3 Å². The molecule has 0 bridgehead atoms. The fourth-order valence-corrected chi connectivity index (χ4v) is 3.39. The zero-order valence-corrected chi connectivity index (χ0v) is 15.7. The molecule has 3 heterocycles. The maximum absolute atomic E-state index is 12.5. The molecule has 1 saturated heterocycles. The number of rotatable bonds is 4. The molecule has 0 unspecified atom stereocenters. The number of nitrogens with one attached hydrogen (secondary N) is 2. The van der Waals surface area contributed by atoms with Gasteiger partial charge in [0.05, 0.1) is 24.1 Å². The molecule has 0 aromatic carbocycles. The third-order valence-corrected chi connectivity index (χ3v) is 5.08. The van der Waals surface area contributed by atoms with Crippen LogP contribution in [0.5, 0.6) is 0 Å². The number of fused-ring (bicyclic) bond motifs is 1. The lowest BCUT2D eigenvalue weighted by Crippen LogP contribution is -2.52. The Morgan fingerprint density at radius 1 is 1.22 bits per heavy atom. The van der Waals surface area contributed by atoms with Crippen LogP contribution >= 0.6 is 0 Å². The Hall–Kier alpha value is -2.68. The highest BCUT2D eigenvalue weighted by atomic mass is 16.2. The number of pyridine rings is 1. The number of nitrogens with zero attached hydrogens (tertiary/aromatic N) is 5. The van der Waals surface area contributed by atoms with E-state index in [1.807, 2.05) is 20.0 Å². The summed E-state index contributed by atoms with van der Waals surface area (Å²) in [7, 11) is 1.85. The maximum Gasteiger partial charge on any atom is 0.321 e. The van der Waals surface area contributed by atoms with Crippen molar-refractivity contribution in [2.45, 2.75) is 25.8 Å². The first-order chi connectivity index (χ1) is 13.0. The van der Waals surface area contributed by atoms with E-state index in [0.717, 1.165) is 29.6 Å². The lowest BCUT2D eigenvalue weighted by molar-refractivity contribution is -0.122. The van der Waals surface area contributed by atoms with Crippen LogP contribution in [-0.2, 0) is 11.8 Å². The number of anilines is 1. The van der Waals surface area contributed by atoms with Crippen LogP contribution < -0.4 is 10.6 Å². The minimum absolute atomic E-state index is 0.0848. The number of hydrogen-bond acceptors (Lipinski definition) is 5. The average Bonchev–Trinajstić information content (AvgIpc) is 3.40. The predicted molar refractivity (Wildman–Crippen MR) is 101 cm³/mol. The molecule has 27 heavy (non-hydrogen) atoms. The number of urea groups is 1. The minimum atomic E-state index is -0.139. The number of aromatic nitrogens is 3. The van der Waals surface area contributed by atoms with Crippen molar-refractivity contribution in [2.24, 2.45) is 7.05 Å². The Bertz CT molecular complexity index is 866. The topological polar surface area (TPSA) is 95.4 Å². The Morgan fingerprint density at radius 3 is 2.67 bits per heavy atom. The van der Waals surface area contributed by atoms with Gasteiger partial charge in [0.2, 0.25) is 5.91 Å². The molecule has 1 aliphatic carbocycles. The highest BCUT2D eigenvalue weighted by Crippen LogP contribution is 2.20. The SMILES string of the molecule is Cc1nn(C)c2ncc(NC(=O)N3CCN(CC(=O)NC4CC4)CC3)cc12. The van der Waals surface area contributed by atoms with Crippen molar-refractivity contribution in [1.82, 2.24) is 29.9 Å². The van der Waals surface area contributed by atoms with Gasteiger partial charge in [-0.3, -0.25) is 14.4 Å². The Kier molecular flexibility index (Phi) is 4.69. The molecule has 9 nitrogen and oxygen atoms in total. The van der Waals surface area contributed by atoms with Crippen LogP contribution in [0, 0.1) is 6.92 Å². The summed E-state index contributed by atoms with van der Waals surface area (Å²) in [5.74, 6) is 0.0848. The van der Waals surface area contributed by atoms with Gasteiger partial charge in [0.25, 0.3) is 0 Å². The van der Waals surface area contributed by atoms with Gasteiger partial charge in [-0.15, -0.1) is 0 Å². The Balaban J connectivity index is 1.30. The maximum atomic E-state index is 12.5. The third-order valence-electron chi connectivity index (χ3n) is 5.08. The summed E-state index contributed by atoms with van der Waals surface area (Å²) >= 11 is 0. The molecular formula is C18H25N7O2. The molecule has 0 atom stereocenters. The quantitative estimate of drug-likeness (QED) is 0.825. The van der Waals surface area contributed by atoms with Crippen LogP contribution in [0.4, 0.5) is 10.5 Å². The van der Waals surface area contributed by atoms with Crippen LogP contribution in [0.3, 0.4) is 0 Å². The second kappa shape index (κ2) is 7.15. The van der Waals surface area contributed by atoms with Crippen molar-refractivity contribution in [3.8, 4) is 0 Å². The van der Waals surface area contributed by atoms with Crippen LogP contribution in [0.2, 0.25) is 0 Å². The molecule has 2 aliphatic rings. The molecule has 144 valence electrons. The third kappa shape index (κ3) is 4.02. The van der Waals surface area contributed by atoms with Gasteiger partial charge in [0.1, 0.15) is 0 Å². The molecule has 4 rings (SSSR count). The summed E-state index contributed by atoms with van der Waals surface area (Å²) in [6.07, 6.45) is 3.84. The molecule has 2 aromatic rings. The van der Waals surface area contributed by atoms with Crippen molar-refractivity contribution in [3.05, 3.63) is 18.0 Å². The van der Waals surface area contributed by atoms with Crippen molar-refractivity contribution >= 4 is 28.7 Å². The van der Waals surface area contributed by atoms with E-state index in [9.17, 15) is 9.59 Å². The summed E-state index contributed by atoms with van der Waals surface area (Å²) < 4.78 is 1.73. The number of carbonyl (C=O) groups is 2. The highest BCUT2D eigenvalue weighted by molar-refractivity contribution is 5.92. The molecular weight excluding hydrogens is 346 g/mol. The predicted octanol–water partition coefficient (Wildman–Crippen LogP) is 0.705. The second-order valence-electron chi connectivity index (χ2n) is 7.34. The molecule has 9 heteroatoms. The monoisotopic (exact) mass is 371 g/mol. The van der Waals surface area contributed by atoms with E-state index >= 15 is 0 Å². The normalized spacial score (nSPS) is 17.9. The number of aryl methyl sites for hydroxylation is 2. The zero-order chi connectivity index (χ0) is 19.0. The van der Waals surface area contributed by atoms with E-state index in [1.165, 1.54) is 0 Å². The standard InChI is InChI=1S/C18H25N7O2/c1-12-15-9-14(10-19-17(15)23(2)22-12)21-18(27)25-7-5-24(6-8-25)11-16(26)20-13-3-4-13/h9-10,13H,3-8,11H2,1-2H3,(H,20,26)(H,21,27). The fourth-order valence-electron chi connectivity index (χ4n) is 3.39. The molecule has 0 radical (unpaired) electrons. The smallest absolute Gasteiger partial charge is 0.321 e. The first-order valence-corrected chi connectivity index (χ1v) is 9.36. The summed E-state index contributed by atoms with van der Waals surface area (Å²) in [5.41, 5.74) is 2.34. The molecule has 0 spiro atoms. The molecule has 1 aliphatic heterocycles. The first-order valence-electron chi connectivity index (χ1n) is 9.36. The van der Waals surface area contributed by atoms with Crippen molar-refractivity contribution < 1.29 is 9.59 Å². The molecule has 2 aromatic heterocycles. The second-order valence-corrected chi connectivity index (χ2v) is 7.34. The average molecular weight is 371 g/mol. The first kappa shape index (κ1) is 17.7. The number of amides is 3. The van der Waals surface area contributed by atoms with E-state index in [2.05, 4.69) is 25.6 Å². The van der Waals surface area contributed by atoms with Crippen LogP contribution in [-0.4, -0.2) is 75.3 Å². The van der Waals surface area contributed by atoms with Gasteiger partial charge in [0, 0.05) is 44.7 Å². The molecule has 2 N–H and O–H groups in total. The lowest BCUT2D eigenvalue weighted by Gasteiger charge is -2.34. The zero-order valence-electron chi connectivity index (χ0n) is 15.7. The number of hydrogen-bond donors (Lipinski definition) is 2. The van der Waals surface area contributed by atoms with Gasteiger partial charge in [0.15, 0.2) is 5.65 Å². The molecule has 3 amide bonds. The van der Waals surface area contributed by atoms with Gasteiger partial charge >= 0.3 is 6.03 Å². The van der Waals surface area contributed by atoms with Gasteiger partial charge in [-0.25, -0.2) is 9.78 Å². The fraction of sp³-hybridized carbons (Fsp3) is 0.556. The van der Waals surface area contributed by atoms with Crippen molar-refractivity contribution in [3.63, 3.8) is 0 Å². The molecule has 1 saturated carbocycles. The Morgan fingerprint density at radius 2 is 1.96 bits per heavy atom. The highest BCUT2D eigenvalue weighted by Gasteiger charge is 2.26. The van der Waals surface area contributed by atoms with Gasteiger partial charge in [-0.2, -0.15) is 5.10 Å². The van der Waals surface area contributed by atoms with Gasteiger partial charge in [-0.1, -0.05) is 0 Å². The van der Waals surface area contributed by atoms with E-state index < -0.39 is 0 Å². The summed E-state index contributed by atoms with van der Waals surface area (Å²) in [4.78, 5) is 32.7. The van der Waals surface area contributed by atoms with Gasteiger partial charge < -0.3 is 15.5 Å². The van der Waals surface area contributed by atoms with E-state index in [1.54, 1.807) is 15.8 Å². The summed E-state index contributed by atoms with van der Waals surface area (Å²) in [6, 6.07) is 2.15. The molecule has 2 fully saturated rings. The summed E-state index contributed by atoms with van der Waals surface area (Å²) in [6.45, 7) is 4.93. The van der Waals surface area contributed by atoms with E-state index in [4.69, 9.17) is 0 Å². The van der Waals surface area contributed by atoms with Crippen LogP contribution in [0.25, 0.3) is 11.0 Å². The van der Waals surface area contributed by atoms with Crippen LogP contribution in [0.1, 0.15) is 18.5 Å². The number of carbonyl (C=O) groups excluding carboxylic acids is 2.